The van der Waals surface area contributed by atoms with Crippen molar-refractivity contribution in [3.05, 3.63) is 66.1 Å². The highest BCUT2D eigenvalue weighted by Crippen LogP contribution is 2.20. The molecule has 4 nitrogen and oxygen atoms in total. The molecule has 114 valence electrons. The summed E-state index contributed by atoms with van der Waals surface area (Å²) in [6.45, 7) is 0.649. The zero-order valence-electron chi connectivity index (χ0n) is 12.4. The van der Waals surface area contributed by atoms with E-state index in [9.17, 15) is 4.39 Å². The molecule has 0 spiro atoms. The van der Waals surface area contributed by atoms with Gasteiger partial charge in [0, 0.05) is 29.2 Å². The van der Waals surface area contributed by atoms with Gasteiger partial charge in [0.25, 0.3) is 0 Å². The number of hydrogen-bond donors (Lipinski definition) is 1. The number of nitriles is 1. The monoisotopic (exact) mass is 306 g/mol. The molecule has 0 bridgehead atoms. The predicted molar refractivity (Wildman–Crippen MR) is 89.8 cm³/mol. The van der Waals surface area contributed by atoms with Crippen molar-refractivity contribution >= 4 is 22.8 Å². The van der Waals surface area contributed by atoms with E-state index in [2.05, 4.69) is 21.2 Å². The molecule has 0 aliphatic rings. The van der Waals surface area contributed by atoms with Crippen LogP contribution in [0.5, 0.6) is 0 Å². The first-order valence-electron chi connectivity index (χ1n) is 7.27. The standard InChI is InChI=1S/C18H15FN4/c19-15-6-8-16(9-7-15)22-21-12-14-13-23(11-3-10-20)18-5-2-1-4-17(14)18/h1-2,4-9,12-13,22H,3,11H2/b21-12-. The molecule has 1 aromatic heterocycles. The van der Waals surface area contributed by atoms with E-state index in [0.717, 1.165) is 22.2 Å². The fraction of sp³-hybridized carbons (Fsp3) is 0.111. The van der Waals surface area contributed by atoms with Gasteiger partial charge >= 0.3 is 0 Å². The molecule has 0 atom stereocenters. The van der Waals surface area contributed by atoms with E-state index in [0.29, 0.717) is 13.0 Å². The minimum absolute atomic E-state index is 0.278. The zero-order chi connectivity index (χ0) is 16.1. The molecular weight excluding hydrogens is 291 g/mol. The van der Waals surface area contributed by atoms with E-state index in [1.165, 1.54) is 12.1 Å². The first kappa shape index (κ1) is 14.8. The van der Waals surface area contributed by atoms with E-state index < -0.39 is 0 Å². The van der Waals surface area contributed by atoms with Crippen LogP contribution in [0.25, 0.3) is 10.9 Å². The number of fused-ring (bicyclic) bond motifs is 1. The van der Waals surface area contributed by atoms with Crippen LogP contribution in [0.15, 0.2) is 59.8 Å². The van der Waals surface area contributed by atoms with Gasteiger partial charge in [0.05, 0.1) is 24.4 Å². The molecule has 0 saturated carbocycles. The van der Waals surface area contributed by atoms with Crippen molar-refractivity contribution in [2.75, 3.05) is 5.43 Å². The maximum absolute atomic E-state index is 12.9. The molecular formula is C18H15FN4. The molecule has 0 saturated heterocycles. The Labute approximate surface area is 133 Å². The smallest absolute Gasteiger partial charge is 0.123 e. The van der Waals surface area contributed by atoms with Gasteiger partial charge in [-0.25, -0.2) is 4.39 Å². The number of aromatic nitrogens is 1. The van der Waals surface area contributed by atoms with Gasteiger partial charge < -0.3 is 4.57 Å². The second-order valence-corrected chi connectivity index (χ2v) is 5.08. The van der Waals surface area contributed by atoms with Gasteiger partial charge in [0.1, 0.15) is 5.82 Å². The van der Waals surface area contributed by atoms with Crippen molar-refractivity contribution in [2.24, 2.45) is 5.10 Å². The van der Waals surface area contributed by atoms with Gasteiger partial charge in [-0.1, -0.05) is 18.2 Å². The summed E-state index contributed by atoms with van der Waals surface area (Å²) >= 11 is 0. The molecule has 1 heterocycles. The number of rotatable bonds is 5. The average Bonchev–Trinajstić information content (AvgIpc) is 2.93. The lowest BCUT2D eigenvalue weighted by Gasteiger charge is -2.00. The van der Waals surface area contributed by atoms with Crippen LogP contribution in [0.2, 0.25) is 0 Å². The number of benzene rings is 2. The largest absolute Gasteiger partial charge is 0.346 e. The SMILES string of the molecule is N#CCCn1cc(/C=N\Nc2ccc(F)cc2)c2ccccc21. The lowest BCUT2D eigenvalue weighted by molar-refractivity contribution is 0.628. The molecule has 0 fully saturated rings. The number of halogens is 1. The number of nitrogens with zero attached hydrogens (tertiary/aromatic N) is 3. The molecule has 3 aromatic rings. The van der Waals surface area contributed by atoms with Gasteiger partial charge in [-0.3, -0.25) is 5.43 Å². The maximum Gasteiger partial charge on any atom is 0.123 e. The molecule has 0 radical (unpaired) electrons. The van der Waals surface area contributed by atoms with Crippen LogP contribution in [-0.2, 0) is 6.54 Å². The van der Waals surface area contributed by atoms with E-state index in [1.54, 1.807) is 18.3 Å². The molecule has 5 heteroatoms. The van der Waals surface area contributed by atoms with Crippen LogP contribution < -0.4 is 5.43 Å². The van der Waals surface area contributed by atoms with Gasteiger partial charge in [-0.2, -0.15) is 10.4 Å². The summed E-state index contributed by atoms with van der Waals surface area (Å²) in [5, 5.41) is 14.1. The van der Waals surface area contributed by atoms with Crippen LogP contribution in [0.1, 0.15) is 12.0 Å². The number of aryl methyl sites for hydroxylation is 1. The Morgan fingerprint density at radius 2 is 1.96 bits per heavy atom. The van der Waals surface area contributed by atoms with Crippen molar-refractivity contribution in [3.8, 4) is 6.07 Å². The fourth-order valence-corrected chi connectivity index (χ4v) is 2.43. The van der Waals surface area contributed by atoms with Crippen molar-refractivity contribution in [2.45, 2.75) is 13.0 Å². The van der Waals surface area contributed by atoms with Gasteiger partial charge in [-0.05, 0) is 30.3 Å². The fourth-order valence-electron chi connectivity index (χ4n) is 2.43. The average molecular weight is 306 g/mol. The topological polar surface area (TPSA) is 53.1 Å². The molecule has 0 aliphatic carbocycles. The summed E-state index contributed by atoms with van der Waals surface area (Å²) in [5.74, 6) is -0.278. The third-order valence-electron chi connectivity index (χ3n) is 3.53. The summed E-state index contributed by atoms with van der Waals surface area (Å²) in [4.78, 5) is 0. The molecule has 3 rings (SSSR count). The highest BCUT2D eigenvalue weighted by molar-refractivity contribution is 5.99. The lowest BCUT2D eigenvalue weighted by atomic mass is 10.2. The van der Waals surface area contributed by atoms with E-state index in [-0.39, 0.29) is 5.82 Å². The van der Waals surface area contributed by atoms with E-state index in [1.807, 2.05) is 30.5 Å². The summed E-state index contributed by atoms with van der Waals surface area (Å²) in [6, 6.07) is 16.2. The minimum Gasteiger partial charge on any atom is -0.346 e. The molecule has 1 N–H and O–H groups in total. The van der Waals surface area contributed by atoms with Crippen molar-refractivity contribution < 1.29 is 4.39 Å². The van der Waals surface area contributed by atoms with Crippen molar-refractivity contribution in [1.29, 1.82) is 5.26 Å². The molecule has 0 amide bonds. The van der Waals surface area contributed by atoms with Crippen LogP contribution >= 0.6 is 0 Å². The molecule has 2 aromatic carbocycles. The van der Waals surface area contributed by atoms with Crippen molar-refractivity contribution in [1.82, 2.24) is 4.57 Å². The number of hydrazone groups is 1. The second kappa shape index (κ2) is 6.75. The van der Waals surface area contributed by atoms with Crippen LogP contribution in [0.3, 0.4) is 0 Å². The van der Waals surface area contributed by atoms with Gasteiger partial charge in [0.2, 0.25) is 0 Å². The number of para-hydroxylation sites is 1. The van der Waals surface area contributed by atoms with Gasteiger partial charge in [0.15, 0.2) is 0 Å². The minimum atomic E-state index is -0.278. The molecule has 0 aliphatic heterocycles. The zero-order valence-corrected chi connectivity index (χ0v) is 12.4. The summed E-state index contributed by atoms with van der Waals surface area (Å²) in [6.07, 6.45) is 4.18. The molecule has 0 unspecified atom stereocenters. The third-order valence-corrected chi connectivity index (χ3v) is 3.53. The normalized spacial score (nSPS) is 11.0. The Balaban J connectivity index is 1.83. The Morgan fingerprint density at radius 3 is 2.74 bits per heavy atom. The number of nitrogens with one attached hydrogen (secondary N) is 1. The van der Waals surface area contributed by atoms with Crippen molar-refractivity contribution in [3.63, 3.8) is 0 Å². The summed E-state index contributed by atoms with van der Waals surface area (Å²) < 4.78 is 14.9. The Hall–Kier alpha value is -3.13. The highest BCUT2D eigenvalue weighted by atomic mass is 19.1. The lowest BCUT2D eigenvalue weighted by Crippen LogP contribution is -1.94. The van der Waals surface area contributed by atoms with Gasteiger partial charge in [-0.15, -0.1) is 0 Å². The van der Waals surface area contributed by atoms with Crippen LogP contribution in [0, 0.1) is 17.1 Å². The summed E-state index contributed by atoms with van der Waals surface area (Å²) in [7, 11) is 0. The Morgan fingerprint density at radius 1 is 1.17 bits per heavy atom. The second-order valence-electron chi connectivity index (χ2n) is 5.08. The number of hydrogen-bond acceptors (Lipinski definition) is 3. The first-order valence-corrected chi connectivity index (χ1v) is 7.27. The van der Waals surface area contributed by atoms with E-state index in [4.69, 9.17) is 5.26 Å². The van der Waals surface area contributed by atoms with Crippen LogP contribution in [0.4, 0.5) is 10.1 Å². The summed E-state index contributed by atoms with van der Waals surface area (Å²) in [5.41, 5.74) is 5.64. The quantitative estimate of drug-likeness (QED) is 0.569. The Bertz CT molecular complexity index is 872. The third kappa shape index (κ3) is 3.38. The first-order chi connectivity index (χ1) is 11.3. The highest BCUT2D eigenvalue weighted by Gasteiger charge is 2.06. The van der Waals surface area contributed by atoms with E-state index >= 15 is 0 Å². The number of anilines is 1. The maximum atomic E-state index is 12.9. The predicted octanol–water partition coefficient (Wildman–Crippen LogP) is 4.14. The molecule has 23 heavy (non-hydrogen) atoms. The van der Waals surface area contributed by atoms with Crippen LogP contribution in [-0.4, -0.2) is 10.8 Å². The Kier molecular flexibility index (Phi) is 4.34.